The highest BCUT2D eigenvalue weighted by atomic mass is 32.2. The fourth-order valence-corrected chi connectivity index (χ4v) is 3.76. The van der Waals surface area contributed by atoms with Crippen molar-refractivity contribution in [2.24, 2.45) is 5.41 Å². The molecule has 1 aliphatic heterocycles. The number of nitrogen functional groups attached to an aromatic ring is 1. The van der Waals surface area contributed by atoms with Crippen LogP contribution in [0.2, 0.25) is 0 Å². The monoisotopic (exact) mass is 315 g/mol. The van der Waals surface area contributed by atoms with Gasteiger partial charge >= 0.3 is 0 Å². The van der Waals surface area contributed by atoms with Crippen LogP contribution in [0.4, 0.5) is 10.1 Å². The van der Waals surface area contributed by atoms with Crippen molar-refractivity contribution in [3.05, 3.63) is 24.0 Å². The molecular weight excluding hydrogens is 293 g/mol. The Morgan fingerprint density at radius 3 is 2.57 bits per heavy atom. The highest BCUT2D eigenvalue weighted by molar-refractivity contribution is 7.89. The maximum atomic E-state index is 13.0. The fourth-order valence-electron chi connectivity index (χ4n) is 2.45. The Morgan fingerprint density at radius 2 is 2.00 bits per heavy atom. The van der Waals surface area contributed by atoms with Crippen molar-refractivity contribution < 1.29 is 12.8 Å². The van der Waals surface area contributed by atoms with Crippen LogP contribution < -0.4 is 10.5 Å². The lowest BCUT2D eigenvalue weighted by Crippen LogP contribution is -2.43. The smallest absolute Gasteiger partial charge is 0.242 e. The van der Waals surface area contributed by atoms with Gasteiger partial charge < -0.3 is 10.6 Å². The summed E-state index contributed by atoms with van der Waals surface area (Å²) >= 11 is 0. The molecule has 1 heterocycles. The summed E-state index contributed by atoms with van der Waals surface area (Å²) in [5.74, 6) is -0.547. The number of nitrogens with zero attached hydrogens (tertiary/aromatic N) is 1. The zero-order valence-electron chi connectivity index (χ0n) is 12.4. The molecule has 1 aliphatic rings. The number of likely N-dealkylation sites (tertiary alicyclic amines) is 1. The number of halogens is 1. The molecule has 0 aromatic heterocycles. The first-order chi connectivity index (χ1) is 9.72. The average molecular weight is 315 g/mol. The number of nitrogens with two attached hydrogens (primary N) is 1. The van der Waals surface area contributed by atoms with E-state index in [1.165, 1.54) is 6.07 Å². The predicted molar refractivity (Wildman–Crippen MR) is 80.8 cm³/mol. The number of piperidine rings is 1. The van der Waals surface area contributed by atoms with Crippen LogP contribution in [-0.2, 0) is 10.0 Å². The summed E-state index contributed by atoms with van der Waals surface area (Å²) in [6.07, 6.45) is 1.87. The number of anilines is 1. The van der Waals surface area contributed by atoms with Gasteiger partial charge in [0.2, 0.25) is 10.0 Å². The van der Waals surface area contributed by atoms with Gasteiger partial charge in [-0.15, -0.1) is 0 Å². The molecule has 0 amide bonds. The van der Waals surface area contributed by atoms with Crippen LogP contribution in [0.1, 0.15) is 19.8 Å². The summed E-state index contributed by atoms with van der Waals surface area (Å²) in [5, 5.41) is 0. The quantitative estimate of drug-likeness (QED) is 0.824. The third kappa shape index (κ3) is 3.93. The summed E-state index contributed by atoms with van der Waals surface area (Å²) in [6.45, 7) is 4.35. The number of rotatable bonds is 4. The SMILES string of the molecule is CN1CCC(C)(CNS(=O)(=O)c2ccc(F)cc2N)CC1. The van der Waals surface area contributed by atoms with Crippen LogP contribution in [-0.4, -0.2) is 40.0 Å². The van der Waals surface area contributed by atoms with Gasteiger partial charge in [-0.3, -0.25) is 0 Å². The second-order valence-electron chi connectivity index (χ2n) is 6.12. The molecule has 1 fully saturated rings. The lowest BCUT2D eigenvalue weighted by Gasteiger charge is -2.37. The van der Waals surface area contributed by atoms with Gasteiger partial charge in [0.05, 0.1) is 5.69 Å². The molecule has 21 heavy (non-hydrogen) atoms. The normalized spacial score (nSPS) is 19.6. The second-order valence-corrected chi connectivity index (χ2v) is 7.86. The number of hydrogen-bond acceptors (Lipinski definition) is 4. The summed E-state index contributed by atoms with van der Waals surface area (Å²) in [7, 11) is -1.66. The van der Waals surface area contributed by atoms with Crippen LogP contribution in [0.5, 0.6) is 0 Å². The van der Waals surface area contributed by atoms with Crippen molar-refractivity contribution in [1.82, 2.24) is 9.62 Å². The van der Waals surface area contributed by atoms with E-state index in [0.29, 0.717) is 6.54 Å². The van der Waals surface area contributed by atoms with Gasteiger partial charge in [0.1, 0.15) is 10.7 Å². The van der Waals surface area contributed by atoms with E-state index in [9.17, 15) is 12.8 Å². The molecule has 0 atom stereocenters. The second kappa shape index (κ2) is 5.90. The van der Waals surface area contributed by atoms with Crippen LogP contribution in [0, 0.1) is 11.2 Å². The van der Waals surface area contributed by atoms with E-state index >= 15 is 0 Å². The molecule has 3 N–H and O–H groups in total. The van der Waals surface area contributed by atoms with E-state index in [1.807, 2.05) is 0 Å². The molecular formula is C14H22FN3O2S. The zero-order valence-corrected chi connectivity index (χ0v) is 13.2. The Bertz CT molecular complexity index is 611. The van der Waals surface area contributed by atoms with Crippen molar-refractivity contribution >= 4 is 15.7 Å². The van der Waals surface area contributed by atoms with E-state index in [0.717, 1.165) is 38.1 Å². The average Bonchev–Trinajstić information content (AvgIpc) is 2.40. The van der Waals surface area contributed by atoms with E-state index in [1.54, 1.807) is 0 Å². The molecule has 7 heteroatoms. The number of hydrogen-bond donors (Lipinski definition) is 2. The maximum absolute atomic E-state index is 13.0. The summed E-state index contributed by atoms with van der Waals surface area (Å²) in [6, 6.07) is 3.32. The van der Waals surface area contributed by atoms with Gasteiger partial charge in [0.25, 0.3) is 0 Å². The molecule has 0 unspecified atom stereocenters. The lowest BCUT2D eigenvalue weighted by atomic mass is 9.81. The summed E-state index contributed by atoms with van der Waals surface area (Å²) in [4.78, 5) is 2.16. The van der Waals surface area contributed by atoms with E-state index < -0.39 is 15.8 Å². The first-order valence-electron chi connectivity index (χ1n) is 6.95. The third-order valence-electron chi connectivity index (χ3n) is 4.14. The minimum absolute atomic E-state index is 0.0611. The maximum Gasteiger partial charge on any atom is 0.242 e. The Hall–Kier alpha value is -1.18. The first kappa shape index (κ1) is 16.2. The third-order valence-corrected chi connectivity index (χ3v) is 5.62. The van der Waals surface area contributed by atoms with Crippen molar-refractivity contribution in [2.75, 3.05) is 32.4 Å². The van der Waals surface area contributed by atoms with Gasteiger partial charge in [0, 0.05) is 6.54 Å². The Morgan fingerprint density at radius 1 is 1.38 bits per heavy atom. The summed E-state index contributed by atoms with van der Waals surface area (Å²) < 4.78 is 40.2. The largest absolute Gasteiger partial charge is 0.398 e. The zero-order chi connectivity index (χ0) is 15.7. The van der Waals surface area contributed by atoms with Crippen LogP contribution in [0.3, 0.4) is 0 Å². The Balaban J connectivity index is 2.08. The van der Waals surface area contributed by atoms with Gasteiger partial charge in [0.15, 0.2) is 0 Å². The molecule has 118 valence electrons. The van der Waals surface area contributed by atoms with E-state index in [2.05, 4.69) is 23.6 Å². The van der Waals surface area contributed by atoms with Crippen molar-refractivity contribution in [3.63, 3.8) is 0 Å². The van der Waals surface area contributed by atoms with Crippen molar-refractivity contribution in [1.29, 1.82) is 0 Å². The van der Waals surface area contributed by atoms with Gasteiger partial charge in [-0.05, 0) is 56.6 Å². The minimum atomic E-state index is -3.71. The van der Waals surface area contributed by atoms with Crippen LogP contribution >= 0.6 is 0 Å². The molecule has 0 bridgehead atoms. The molecule has 1 aromatic carbocycles. The first-order valence-corrected chi connectivity index (χ1v) is 8.43. The summed E-state index contributed by atoms with van der Waals surface area (Å²) in [5.41, 5.74) is 5.47. The molecule has 0 aliphatic carbocycles. The number of sulfonamides is 1. The van der Waals surface area contributed by atoms with Crippen molar-refractivity contribution in [2.45, 2.75) is 24.7 Å². The van der Waals surface area contributed by atoms with Gasteiger partial charge in [-0.1, -0.05) is 6.92 Å². The van der Waals surface area contributed by atoms with Gasteiger partial charge in [-0.25, -0.2) is 17.5 Å². The topological polar surface area (TPSA) is 75.4 Å². The Kier molecular flexibility index (Phi) is 4.55. The molecule has 1 aromatic rings. The highest BCUT2D eigenvalue weighted by Gasteiger charge is 2.30. The number of benzene rings is 1. The van der Waals surface area contributed by atoms with E-state index in [-0.39, 0.29) is 16.0 Å². The van der Waals surface area contributed by atoms with Crippen molar-refractivity contribution in [3.8, 4) is 0 Å². The fraction of sp³-hybridized carbons (Fsp3) is 0.571. The molecule has 5 nitrogen and oxygen atoms in total. The molecule has 2 rings (SSSR count). The molecule has 0 spiro atoms. The van der Waals surface area contributed by atoms with Crippen LogP contribution in [0.25, 0.3) is 0 Å². The Labute approximate surface area is 125 Å². The molecule has 0 saturated carbocycles. The van der Waals surface area contributed by atoms with Crippen LogP contribution in [0.15, 0.2) is 23.1 Å². The minimum Gasteiger partial charge on any atom is -0.398 e. The lowest BCUT2D eigenvalue weighted by molar-refractivity contribution is 0.143. The number of nitrogens with one attached hydrogen (secondary N) is 1. The van der Waals surface area contributed by atoms with E-state index in [4.69, 9.17) is 5.73 Å². The standard InChI is InChI=1S/C14H22FN3O2S/c1-14(5-7-18(2)8-6-14)10-17-21(19,20)13-4-3-11(15)9-12(13)16/h3-4,9,17H,5-8,10,16H2,1-2H3. The predicted octanol–water partition coefficient (Wildman–Crippen LogP) is 1.42. The van der Waals surface area contributed by atoms with Gasteiger partial charge in [-0.2, -0.15) is 0 Å². The molecule has 0 radical (unpaired) electrons. The highest BCUT2D eigenvalue weighted by Crippen LogP contribution is 2.30. The molecule has 1 saturated heterocycles.